The summed E-state index contributed by atoms with van der Waals surface area (Å²) in [4.78, 5) is 35.4. The summed E-state index contributed by atoms with van der Waals surface area (Å²) in [5.41, 5.74) is 0.688. The number of carbonyl (C=O) groups excluding carboxylic acids is 3. The standard InChI is InChI=1S/C18H20N2O7S/c1-20(28(2,24)25)14-7-5-13(6-8-14)15(21)12-27-17(22)9-10-19-18(23)16-4-3-11-26-16/h3-8,11H,9-10,12H2,1-2H3,(H,19,23). The Morgan fingerprint density at radius 1 is 1.14 bits per heavy atom. The largest absolute Gasteiger partial charge is 0.459 e. The van der Waals surface area contributed by atoms with Crippen LogP contribution in [0.3, 0.4) is 0 Å². The van der Waals surface area contributed by atoms with Crippen molar-refractivity contribution in [1.82, 2.24) is 5.32 Å². The number of ether oxygens (including phenoxy) is 1. The first-order valence-electron chi connectivity index (χ1n) is 8.23. The number of ketones is 1. The normalized spacial score (nSPS) is 10.9. The van der Waals surface area contributed by atoms with Crippen LogP contribution in [0.2, 0.25) is 0 Å². The van der Waals surface area contributed by atoms with Crippen LogP contribution in [-0.2, 0) is 19.6 Å². The van der Waals surface area contributed by atoms with E-state index in [0.29, 0.717) is 5.69 Å². The summed E-state index contributed by atoms with van der Waals surface area (Å²) < 4.78 is 33.9. The molecule has 28 heavy (non-hydrogen) atoms. The van der Waals surface area contributed by atoms with E-state index in [2.05, 4.69) is 5.32 Å². The van der Waals surface area contributed by atoms with Crippen LogP contribution in [0.1, 0.15) is 27.3 Å². The molecule has 0 spiro atoms. The first-order chi connectivity index (χ1) is 13.2. The Kier molecular flexibility index (Phi) is 6.94. The van der Waals surface area contributed by atoms with Crippen molar-refractivity contribution in [2.24, 2.45) is 0 Å². The molecule has 150 valence electrons. The van der Waals surface area contributed by atoms with Crippen LogP contribution in [0.25, 0.3) is 0 Å². The number of benzene rings is 1. The number of furan rings is 1. The van der Waals surface area contributed by atoms with Crippen LogP contribution in [0, 0.1) is 0 Å². The fourth-order valence-corrected chi connectivity index (χ4v) is 2.63. The van der Waals surface area contributed by atoms with Crippen LogP contribution in [0.4, 0.5) is 5.69 Å². The van der Waals surface area contributed by atoms with E-state index in [4.69, 9.17) is 9.15 Å². The van der Waals surface area contributed by atoms with E-state index in [-0.39, 0.29) is 24.3 Å². The molecule has 10 heteroatoms. The summed E-state index contributed by atoms with van der Waals surface area (Å²) in [6.07, 6.45) is 2.33. The highest BCUT2D eigenvalue weighted by molar-refractivity contribution is 7.92. The molecular weight excluding hydrogens is 388 g/mol. The third kappa shape index (κ3) is 5.95. The predicted molar refractivity (Wildman–Crippen MR) is 101 cm³/mol. The molecule has 2 rings (SSSR count). The van der Waals surface area contributed by atoms with Crippen LogP contribution in [0.15, 0.2) is 47.1 Å². The maximum atomic E-state index is 12.1. The summed E-state index contributed by atoms with van der Waals surface area (Å²) in [5.74, 6) is -1.38. The van der Waals surface area contributed by atoms with Crippen molar-refractivity contribution >= 4 is 33.4 Å². The van der Waals surface area contributed by atoms with E-state index >= 15 is 0 Å². The third-order valence-corrected chi connectivity index (χ3v) is 4.98. The number of carbonyl (C=O) groups is 3. The fraction of sp³-hybridized carbons (Fsp3) is 0.278. The second-order valence-corrected chi connectivity index (χ2v) is 7.86. The zero-order valence-electron chi connectivity index (χ0n) is 15.4. The van der Waals surface area contributed by atoms with Gasteiger partial charge in [0.25, 0.3) is 5.91 Å². The lowest BCUT2D eigenvalue weighted by Gasteiger charge is -2.16. The lowest BCUT2D eigenvalue weighted by Crippen LogP contribution is -2.26. The van der Waals surface area contributed by atoms with Crippen molar-refractivity contribution in [2.45, 2.75) is 6.42 Å². The second-order valence-electron chi connectivity index (χ2n) is 5.84. The number of nitrogens with zero attached hydrogens (tertiary/aromatic N) is 1. The number of hydrogen-bond acceptors (Lipinski definition) is 7. The molecule has 0 aliphatic carbocycles. The molecule has 1 aromatic carbocycles. The maximum absolute atomic E-state index is 12.1. The molecule has 0 saturated heterocycles. The molecule has 1 aromatic heterocycles. The number of nitrogens with one attached hydrogen (secondary N) is 1. The molecule has 0 fully saturated rings. The van der Waals surface area contributed by atoms with Crippen LogP contribution >= 0.6 is 0 Å². The van der Waals surface area contributed by atoms with Crippen molar-refractivity contribution < 1.29 is 32.0 Å². The Bertz CT molecular complexity index is 935. The summed E-state index contributed by atoms with van der Waals surface area (Å²) in [7, 11) is -2.00. The summed E-state index contributed by atoms with van der Waals surface area (Å²) in [6, 6.07) is 8.94. The van der Waals surface area contributed by atoms with E-state index < -0.39 is 34.3 Å². The Morgan fingerprint density at radius 2 is 1.82 bits per heavy atom. The average Bonchev–Trinajstić information content (AvgIpc) is 3.19. The highest BCUT2D eigenvalue weighted by atomic mass is 32.2. The van der Waals surface area contributed by atoms with Gasteiger partial charge >= 0.3 is 5.97 Å². The predicted octanol–water partition coefficient (Wildman–Crippen LogP) is 1.22. The molecule has 0 bridgehead atoms. The van der Waals surface area contributed by atoms with Gasteiger partial charge in [0.05, 0.1) is 24.6 Å². The Labute approximate surface area is 162 Å². The van der Waals surface area contributed by atoms with Gasteiger partial charge in [-0.2, -0.15) is 0 Å². The Morgan fingerprint density at radius 3 is 2.39 bits per heavy atom. The molecule has 1 amide bonds. The maximum Gasteiger partial charge on any atom is 0.308 e. The van der Waals surface area contributed by atoms with Gasteiger partial charge in [-0.3, -0.25) is 18.7 Å². The number of anilines is 1. The molecule has 0 unspecified atom stereocenters. The van der Waals surface area contributed by atoms with E-state index in [1.807, 2.05) is 0 Å². The highest BCUT2D eigenvalue weighted by Crippen LogP contribution is 2.16. The number of amides is 1. The molecule has 0 atom stereocenters. The topological polar surface area (TPSA) is 123 Å². The van der Waals surface area contributed by atoms with Crippen molar-refractivity contribution in [3.05, 3.63) is 54.0 Å². The van der Waals surface area contributed by atoms with Gasteiger partial charge in [-0.1, -0.05) is 0 Å². The zero-order chi connectivity index (χ0) is 20.7. The fourth-order valence-electron chi connectivity index (χ4n) is 2.12. The lowest BCUT2D eigenvalue weighted by molar-refractivity contribution is -0.142. The van der Waals surface area contributed by atoms with Gasteiger partial charge in [0.2, 0.25) is 10.0 Å². The average molecular weight is 408 g/mol. The molecule has 1 heterocycles. The van der Waals surface area contributed by atoms with Crippen LogP contribution in [0.5, 0.6) is 0 Å². The lowest BCUT2D eigenvalue weighted by atomic mass is 10.1. The molecule has 0 radical (unpaired) electrons. The third-order valence-electron chi connectivity index (χ3n) is 3.77. The molecule has 9 nitrogen and oxygen atoms in total. The quantitative estimate of drug-likeness (QED) is 0.489. The van der Waals surface area contributed by atoms with E-state index in [0.717, 1.165) is 10.6 Å². The zero-order valence-corrected chi connectivity index (χ0v) is 16.2. The second kappa shape index (κ2) is 9.18. The number of rotatable bonds is 9. The highest BCUT2D eigenvalue weighted by Gasteiger charge is 2.14. The van der Waals surface area contributed by atoms with Crippen molar-refractivity contribution in [3.8, 4) is 0 Å². The summed E-state index contributed by atoms with van der Waals surface area (Å²) in [5, 5.41) is 2.49. The Hall–Kier alpha value is -3.14. The molecule has 2 aromatic rings. The minimum Gasteiger partial charge on any atom is -0.459 e. The van der Waals surface area contributed by atoms with Gasteiger partial charge in [0, 0.05) is 19.2 Å². The van der Waals surface area contributed by atoms with Gasteiger partial charge in [0.15, 0.2) is 18.2 Å². The van der Waals surface area contributed by atoms with Gasteiger partial charge in [-0.15, -0.1) is 0 Å². The van der Waals surface area contributed by atoms with Crippen LogP contribution in [-0.4, -0.2) is 52.5 Å². The molecule has 1 N–H and O–H groups in total. The minimum absolute atomic E-state index is 0.0408. The van der Waals surface area contributed by atoms with Gasteiger partial charge in [-0.25, -0.2) is 8.42 Å². The number of sulfonamides is 1. The van der Waals surface area contributed by atoms with Gasteiger partial charge < -0.3 is 14.5 Å². The number of Topliss-reactive ketones (excluding diaryl/α,β-unsaturated/α-hetero) is 1. The molecular formula is C18H20N2O7S. The van der Waals surface area contributed by atoms with Gasteiger partial charge in [-0.05, 0) is 36.4 Å². The Balaban J connectivity index is 1.77. The first-order valence-corrected chi connectivity index (χ1v) is 10.1. The number of esters is 1. The van der Waals surface area contributed by atoms with Crippen LogP contribution < -0.4 is 9.62 Å². The summed E-state index contributed by atoms with van der Waals surface area (Å²) in [6.45, 7) is -0.411. The first kappa shape index (κ1) is 21.2. The van der Waals surface area contributed by atoms with E-state index in [1.165, 1.54) is 43.6 Å². The van der Waals surface area contributed by atoms with E-state index in [1.54, 1.807) is 6.07 Å². The van der Waals surface area contributed by atoms with E-state index in [9.17, 15) is 22.8 Å². The van der Waals surface area contributed by atoms with Crippen molar-refractivity contribution in [3.63, 3.8) is 0 Å². The monoisotopic (exact) mass is 408 g/mol. The van der Waals surface area contributed by atoms with Gasteiger partial charge in [0.1, 0.15) is 0 Å². The minimum atomic E-state index is -3.40. The molecule has 0 aliphatic rings. The SMILES string of the molecule is CN(c1ccc(C(=O)COC(=O)CCNC(=O)c2ccco2)cc1)S(C)(=O)=O. The smallest absolute Gasteiger partial charge is 0.308 e. The molecule has 0 aliphatic heterocycles. The van der Waals surface area contributed by atoms with Crippen molar-refractivity contribution in [1.29, 1.82) is 0 Å². The summed E-state index contributed by atoms with van der Waals surface area (Å²) >= 11 is 0. The van der Waals surface area contributed by atoms with Crippen molar-refractivity contribution in [2.75, 3.05) is 30.8 Å². The number of hydrogen-bond donors (Lipinski definition) is 1. The molecule has 0 saturated carbocycles.